The van der Waals surface area contributed by atoms with Crippen LogP contribution in [0.15, 0.2) is 151 Å². The van der Waals surface area contributed by atoms with Gasteiger partial charge in [-0.1, -0.05) is 127 Å². The number of fused-ring (bicyclic) bond motifs is 12. The Morgan fingerprint density at radius 3 is 1.98 bits per heavy atom. The molecule has 2 aliphatic rings. The molecule has 8 rings (SSSR count). The molecule has 0 atom stereocenters. The predicted molar refractivity (Wildman–Crippen MR) is 176 cm³/mol. The SMILES string of the molecule is N#CC(/C=C\N)=C/Cc1ccc2c(c1)C1(c3ccccc3-c3ccccc31)c1cc(-c3ccccc3)c3ccccc3c1-2. The first-order valence-corrected chi connectivity index (χ1v) is 14.7. The zero-order valence-electron chi connectivity index (χ0n) is 23.6. The summed E-state index contributed by atoms with van der Waals surface area (Å²) in [6.07, 6.45) is 5.68. The molecule has 2 aliphatic carbocycles. The monoisotopic (exact) mass is 548 g/mol. The Kier molecular flexibility index (Phi) is 5.67. The van der Waals surface area contributed by atoms with Crippen molar-refractivity contribution >= 4 is 10.8 Å². The Hall–Kier alpha value is -5.65. The molecule has 0 saturated heterocycles. The fourth-order valence-corrected chi connectivity index (χ4v) is 7.51. The minimum atomic E-state index is -0.458. The lowest BCUT2D eigenvalue weighted by Gasteiger charge is -2.31. The van der Waals surface area contributed by atoms with Crippen molar-refractivity contribution in [3.05, 3.63) is 179 Å². The molecule has 2 heteroatoms. The van der Waals surface area contributed by atoms with Gasteiger partial charge in [-0.3, -0.25) is 0 Å². The maximum Gasteiger partial charge on any atom is 0.0988 e. The van der Waals surface area contributed by atoms with E-state index < -0.39 is 5.41 Å². The molecule has 0 bridgehead atoms. The summed E-state index contributed by atoms with van der Waals surface area (Å²) in [6.45, 7) is 0. The first-order valence-electron chi connectivity index (χ1n) is 14.7. The van der Waals surface area contributed by atoms with E-state index in [4.69, 9.17) is 5.73 Å². The van der Waals surface area contributed by atoms with Crippen molar-refractivity contribution in [2.75, 3.05) is 0 Å². The Balaban J connectivity index is 1.50. The van der Waals surface area contributed by atoms with Crippen molar-refractivity contribution in [1.82, 2.24) is 0 Å². The van der Waals surface area contributed by atoms with Crippen LogP contribution in [0.4, 0.5) is 0 Å². The summed E-state index contributed by atoms with van der Waals surface area (Å²) in [5.74, 6) is 0. The molecule has 0 aromatic heterocycles. The fourth-order valence-electron chi connectivity index (χ4n) is 7.51. The molecule has 0 amide bonds. The number of hydrogen-bond donors (Lipinski definition) is 1. The van der Waals surface area contributed by atoms with Crippen LogP contribution in [0.25, 0.3) is 44.2 Å². The first kappa shape index (κ1) is 25.1. The summed E-state index contributed by atoms with van der Waals surface area (Å²) in [4.78, 5) is 0. The van der Waals surface area contributed by atoms with Gasteiger partial charge in [-0.2, -0.15) is 5.26 Å². The normalized spacial score (nSPS) is 14.0. The van der Waals surface area contributed by atoms with Crippen LogP contribution in [0, 0.1) is 11.3 Å². The maximum atomic E-state index is 9.59. The van der Waals surface area contributed by atoms with Crippen LogP contribution in [-0.4, -0.2) is 0 Å². The summed E-state index contributed by atoms with van der Waals surface area (Å²) >= 11 is 0. The molecule has 0 saturated carbocycles. The minimum absolute atomic E-state index is 0.458. The third kappa shape index (κ3) is 3.52. The molecular weight excluding hydrogens is 520 g/mol. The summed E-state index contributed by atoms with van der Waals surface area (Å²) in [7, 11) is 0. The van der Waals surface area contributed by atoms with Gasteiger partial charge in [0.2, 0.25) is 0 Å². The highest BCUT2D eigenvalue weighted by Gasteiger charge is 2.52. The van der Waals surface area contributed by atoms with Crippen molar-refractivity contribution in [3.63, 3.8) is 0 Å². The zero-order chi connectivity index (χ0) is 29.0. The van der Waals surface area contributed by atoms with Gasteiger partial charge in [0.05, 0.1) is 11.5 Å². The largest absolute Gasteiger partial charge is 0.405 e. The van der Waals surface area contributed by atoms with Gasteiger partial charge in [-0.25, -0.2) is 0 Å². The van der Waals surface area contributed by atoms with Crippen LogP contribution >= 0.6 is 0 Å². The Morgan fingerprint density at radius 1 is 0.628 bits per heavy atom. The van der Waals surface area contributed by atoms with E-state index in [1.54, 1.807) is 6.08 Å². The second-order valence-corrected chi connectivity index (χ2v) is 11.3. The average molecular weight is 549 g/mol. The number of nitriles is 1. The summed E-state index contributed by atoms with van der Waals surface area (Å²) in [5, 5.41) is 12.1. The van der Waals surface area contributed by atoms with Gasteiger partial charge in [-0.15, -0.1) is 0 Å². The molecule has 6 aromatic rings. The van der Waals surface area contributed by atoms with Gasteiger partial charge < -0.3 is 5.73 Å². The number of rotatable bonds is 4. The molecular formula is C41H28N2. The van der Waals surface area contributed by atoms with Crippen LogP contribution in [0.3, 0.4) is 0 Å². The predicted octanol–water partition coefficient (Wildman–Crippen LogP) is 9.32. The lowest BCUT2D eigenvalue weighted by molar-refractivity contribution is 0.793. The Labute approximate surface area is 251 Å². The van der Waals surface area contributed by atoms with Crippen LogP contribution in [-0.2, 0) is 11.8 Å². The number of nitrogens with two attached hydrogens (primary N) is 1. The highest BCUT2D eigenvalue weighted by Crippen LogP contribution is 2.64. The molecule has 202 valence electrons. The average Bonchev–Trinajstić information content (AvgIpc) is 3.53. The van der Waals surface area contributed by atoms with Crippen molar-refractivity contribution in [2.45, 2.75) is 11.8 Å². The topological polar surface area (TPSA) is 49.8 Å². The standard InChI is InChI=1S/C41H28N2/c42-23-22-28(26-43)19-18-27-20-21-34-38(24-27)41(36-16-8-6-13-31(36)32-14-7-9-17-37(32)41)39-25-35(29-10-2-1-3-11-29)30-12-4-5-15-33(30)40(34)39/h1-17,19-25H,18,42H2/b23-22-,28-19+. The van der Waals surface area contributed by atoms with E-state index in [-0.39, 0.29) is 0 Å². The van der Waals surface area contributed by atoms with E-state index in [1.807, 2.05) is 6.08 Å². The molecule has 2 N–H and O–H groups in total. The number of benzene rings is 6. The van der Waals surface area contributed by atoms with Gasteiger partial charge >= 0.3 is 0 Å². The lowest BCUT2D eigenvalue weighted by atomic mass is 9.69. The van der Waals surface area contributed by atoms with Gasteiger partial charge in [0.15, 0.2) is 0 Å². The maximum absolute atomic E-state index is 9.59. The Bertz CT molecular complexity index is 2130. The molecule has 2 nitrogen and oxygen atoms in total. The van der Waals surface area contributed by atoms with Crippen LogP contribution in [0.2, 0.25) is 0 Å². The third-order valence-electron chi connectivity index (χ3n) is 9.21. The fraction of sp³-hybridized carbons (Fsp3) is 0.0488. The quantitative estimate of drug-likeness (QED) is 0.176. The van der Waals surface area contributed by atoms with Crippen molar-refractivity contribution in [2.24, 2.45) is 5.73 Å². The smallest absolute Gasteiger partial charge is 0.0988 e. The molecule has 0 aliphatic heterocycles. The van der Waals surface area contributed by atoms with E-state index in [1.165, 1.54) is 78.2 Å². The minimum Gasteiger partial charge on any atom is -0.405 e. The van der Waals surface area contributed by atoms with Crippen molar-refractivity contribution in [1.29, 1.82) is 5.26 Å². The van der Waals surface area contributed by atoms with Crippen molar-refractivity contribution < 1.29 is 0 Å². The first-order chi connectivity index (χ1) is 21.3. The van der Waals surface area contributed by atoms with E-state index in [0.29, 0.717) is 12.0 Å². The summed E-state index contributed by atoms with van der Waals surface area (Å²) < 4.78 is 0. The number of hydrogen-bond acceptors (Lipinski definition) is 2. The van der Waals surface area contributed by atoms with Crippen LogP contribution in [0.1, 0.15) is 27.8 Å². The molecule has 1 spiro atoms. The summed E-state index contributed by atoms with van der Waals surface area (Å²) in [5.41, 5.74) is 19.8. The van der Waals surface area contributed by atoms with Gasteiger partial charge in [-0.05, 0) is 96.7 Å². The van der Waals surface area contributed by atoms with Crippen LogP contribution in [0.5, 0.6) is 0 Å². The second-order valence-electron chi connectivity index (χ2n) is 11.3. The second kappa shape index (κ2) is 9.72. The molecule has 0 unspecified atom stereocenters. The van der Waals surface area contributed by atoms with Gasteiger partial charge in [0, 0.05) is 5.57 Å². The van der Waals surface area contributed by atoms with Crippen LogP contribution < -0.4 is 5.73 Å². The van der Waals surface area contributed by atoms with Crippen molar-refractivity contribution in [3.8, 4) is 39.4 Å². The highest BCUT2D eigenvalue weighted by molar-refractivity contribution is 6.11. The molecule has 0 heterocycles. The molecule has 6 aromatic carbocycles. The van der Waals surface area contributed by atoms with E-state index in [9.17, 15) is 5.26 Å². The Morgan fingerprint density at radius 2 is 1.28 bits per heavy atom. The molecule has 43 heavy (non-hydrogen) atoms. The third-order valence-corrected chi connectivity index (χ3v) is 9.21. The number of allylic oxidation sites excluding steroid dienone is 3. The zero-order valence-corrected chi connectivity index (χ0v) is 23.6. The summed E-state index contributed by atoms with van der Waals surface area (Å²) in [6, 6.07) is 49.0. The van der Waals surface area contributed by atoms with Gasteiger partial charge in [0.25, 0.3) is 0 Å². The molecule has 0 fully saturated rings. The van der Waals surface area contributed by atoms with E-state index >= 15 is 0 Å². The lowest BCUT2D eigenvalue weighted by Crippen LogP contribution is -2.26. The highest BCUT2D eigenvalue weighted by atomic mass is 14.5. The molecule has 0 radical (unpaired) electrons. The number of nitrogens with zero attached hydrogens (tertiary/aromatic N) is 1. The van der Waals surface area contributed by atoms with E-state index in [0.717, 1.165) is 0 Å². The van der Waals surface area contributed by atoms with E-state index in [2.05, 4.69) is 133 Å². The van der Waals surface area contributed by atoms with Gasteiger partial charge in [0.1, 0.15) is 0 Å².